The highest BCUT2D eigenvalue weighted by Crippen LogP contribution is 2.28. The first kappa shape index (κ1) is 21.3. The maximum absolute atomic E-state index is 12.2. The lowest BCUT2D eigenvalue weighted by molar-refractivity contribution is -0.118. The van der Waals surface area contributed by atoms with Crippen LogP contribution in [0.25, 0.3) is 0 Å². The van der Waals surface area contributed by atoms with Crippen LogP contribution in [-0.4, -0.2) is 48.1 Å². The van der Waals surface area contributed by atoms with Crippen molar-refractivity contribution in [2.24, 2.45) is 5.10 Å². The normalized spacial score (nSPS) is 10.5. The Morgan fingerprint density at radius 1 is 1.13 bits per heavy atom. The van der Waals surface area contributed by atoms with E-state index >= 15 is 0 Å². The van der Waals surface area contributed by atoms with Crippen molar-refractivity contribution in [1.82, 2.24) is 15.2 Å². The van der Waals surface area contributed by atoms with E-state index in [1.807, 2.05) is 6.07 Å². The molecule has 0 spiro atoms. The Bertz CT molecular complexity index is 1130. The Balaban J connectivity index is 1.60. The number of aromatic nitrogens is 3. The molecule has 3 aromatic rings. The number of benzene rings is 2. The van der Waals surface area contributed by atoms with Crippen molar-refractivity contribution in [3.8, 4) is 17.2 Å². The molecule has 11 nitrogen and oxygen atoms in total. The minimum atomic E-state index is -0.398. The molecule has 3 rings (SSSR count). The SMILES string of the molecule is COc1ccccc1NC(=O)COc1ccc(/C=N/Nc2nncc(=O)[nH]2)cc1OC. The van der Waals surface area contributed by atoms with Crippen molar-refractivity contribution in [3.63, 3.8) is 0 Å². The summed E-state index contributed by atoms with van der Waals surface area (Å²) in [7, 11) is 3.01. The van der Waals surface area contributed by atoms with Crippen molar-refractivity contribution in [3.05, 3.63) is 64.6 Å². The monoisotopic (exact) mass is 424 g/mol. The standard InChI is InChI=1S/C20H20N6O5/c1-29-15-6-4-3-5-14(15)23-19(28)12-31-16-8-7-13(9-17(16)30-2)10-21-25-20-24-18(27)11-22-26-20/h3-11H,12H2,1-2H3,(H,23,28)(H2,24,25,26,27)/b21-10+. The van der Waals surface area contributed by atoms with E-state index in [2.05, 4.69) is 31.0 Å². The van der Waals surface area contributed by atoms with Gasteiger partial charge in [0.2, 0.25) is 5.95 Å². The van der Waals surface area contributed by atoms with E-state index < -0.39 is 5.56 Å². The summed E-state index contributed by atoms with van der Waals surface area (Å²) < 4.78 is 16.1. The molecule has 0 fully saturated rings. The molecular weight excluding hydrogens is 404 g/mol. The average molecular weight is 424 g/mol. The van der Waals surface area contributed by atoms with Gasteiger partial charge in [-0.25, -0.2) is 5.43 Å². The van der Waals surface area contributed by atoms with E-state index in [1.54, 1.807) is 36.4 Å². The van der Waals surface area contributed by atoms with Gasteiger partial charge in [-0.05, 0) is 35.9 Å². The first-order valence-corrected chi connectivity index (χ1v) is 9.04. The van der Waals surface area contributed by atoms with Crippen LogP contribution in [0, 0.1) is 0 Å². The minimum absolute atomic E-state index is 0.108. The number of aromatic amines is 1. The number of nitrogens with zero attached hydrogens (tertiary/aromatic N) is 3. The van der Waals surface area contributed by atoms with Gasteiger partial charge in [0.1, 0.15) is 11.9 Å². The Morgan fingerprint density at radius 2 is 1.94 bits per heavy atom. The van der Waals surface area contributed by atoms with Crippen molar-refractivity contribution < 1.29 is 19.0 Å². The molecule has 0 bridgehead atoms. The van der Waals surface area contributed by atoms with Crippen LogP contribution in [0.1, 0.15) is 5.56 Å². The lowest BCUT2D eigenvalue weighted by Gasteiger charge is -2.12. The molecule has 11 heteroatoms. The molecule has 1 heterocycles. The smallest absolute Gasteiger partial charge is 0.271 e. The van der Waals surface area contributed by atoms with Crippen LogP contribution in [0.4, 0.5) is 11.6 Å². The number of rotatable bonds is 9. The molecule has 0 saturated carbocycles. The van der Waals surface area contributed by atoms with Crippen LogP contribution in [0.15, 0.2) is 58.6 Å². The third-order valence-electron chi connectivity index (χ3n) is 3.89. The number of methoxy groups -OCH3 is 2. The maximum atomic E-state index is 12.2. The summed E-state index contributed by atoms with van der Waals surface area (Å²) in [6.45, 7) is -0.219. The van der Waals surface area contributed by atoms with Gasteiger partial charge >= 0.3 is 0 Å². The number of anilines is 2. The van der Waals surface area contributed by atoms with Gasteiger partial charge in [-0.3, -0.25) is 14.6 Å². The van der Waals surface area contributed by atoms with Crippen LogP contribution in [-0.2, 0) is 4.79 Å². The first-order chi connectivity index (χ1) is 15.1. The number of hydrogen-bond acceptors (Lipinski definition) is 9. The lowest BCUT2D eigenvalue weighted by atomic mass is 10.2. The van der Waals surface area contributed by atoms with Crippen molar-refractivity contribution in [1.29, 1.82) is 0 Å². The van der Waals surface area contributed by atoms with Gasteiger partial charge in [0.05, 0.1) is 26.1 Å². The summed E-state index contributed by atoms with van der Waals surface area (Å²) >= 11 is 0. The zero-order valence-electron chi connectivity index (χ0n) is 16.8. The second-order valence-corrected chi connectivity index (χ2v) is 6.00. The quantitative estimate of drug-likeness (QED) is 0.348. The number of nitrogens with one attached hydrogen (secondary N) is 3. The minimum Gasteiger partial charge on any atom is -0.495 e. The summed E-state index contributed by atoms with van der Waals surface area (Å²) in [5.74, 6) is 1.12. The first-order valence-electron chi connectivity index (χ1n) is 9.04. The number of carbonyl (C=O) groups excluding carboxylic acids is 1. The number of ether oxygens (including phenoxy) is 3. The molecule has 0 aliphatic carbocycles. The van der Waals surface area contributed by atoms with Gasteiger partial charge in [0.25, 0.3) is 11.5 Å². The fraction of sp³-hybridized carbons (Fsp3) is 0.150. The number of hydrazone groups is 1. The Morgan fingerprint density at radius 3 is 2.71 bits per heavy atom. The zero-order chi connectivity index (χ0) is 22.1. The summed E-state index contributed by atoms with van der Waals surface area (Å²) in [5, 5.41) is 13.9. The summed E-state index contributed by atoms with van der Waals surface area (Å²) in [6.07, 6.45) is 2.54. The predicted octanol–water partition coefficient (Wildman–Crippen LogP) is 1.65. The van der Waals surface area contributed by atoms with Crippen molar-refractivity contribution in [2.75, 3.05) is 31.6 Å². The number of carbonyl (C=O) groups is 1. The van der Waals surface area contributed by atoms with Gasteiger partial charge in [-0.15, -0.1) is 10.2 Å². The highest BCUT2D eigenvalue weighted by Gasteiger charge is 2.10. The van der Waals surface area contributed by atoms with Crippen LogP contribution >= 0.6 is 0 Å². The van der Waals surface area contributed by atoms with Gasteiger partial charge in [0.15, 0.2) is 18.1 Å². The number of H-pyrrole nitrogens is 1. The third-order valence-corrected chi connectivity index (χ3v) is 3.89. The van der Waals surface area contributed by atoms with Crippen LogP contribution in [0.3, 0.4) is 0 Å². The Labute approximate surface area is 177 Å². The van der Waals surface area contributed by atoms with Gasteiger partial charge in [-0.1, -0.05) is 12.1 Å². The van der Waals surface area contributed by atoms with Crippen LogP contribution in [0.5, 0.6) is 17.2 Å². The molecule has 1 aromatic heterocycles. The lowest BCUT2D eigenvalue weighted by Crippen LogP contribution is -2.20. The molecule has 0 unspecified atom stereocenters. The highest BCUT2D eigenvalue weighted by molar-refractivity contribution is 5.93. The number of hydrogen-bond donors (Lipinski definition) is 3. The molecular formula is C20H20N6O5. The van der Waals surface area contributed by atoms with Gasteiger partial charge in [0, 0.05) is 0 Å². The summed E-state index contributed by atoms with van der Waals surface area (Å²) in [6, 6.07) is 12.1. The fourth-order valence-corrected chi connectivity index (χ4v) is 2.49. The molecule has 0 radical (unpaired) electrons. The summed E-state index contributed by atoms with van der Waals surface area (Å²) in [4.78, 5) is 25.8. The molecule has 0 saturated heterocycles. The maximum Gasteiger partial charge on any atom is 0.271 e. The molecule has 0 atom stereocenters. The Kier molecular flexibility index (Phi) is 7.14. The molecule has 31 heavy (non-hydrogen) atoms. The van der Waals surface area contributed by atoms with Gasteiger partial charge < -0.3 is 19.5 Å². The molecule has 0 aliphatic heterocycles. The topological polar surface area (TPSA) is 140 Å². The molecule has 160 valence electrons. The van der Waals surface area contributed by atoms with E-state index in [-0.39, 0.29) is 18.5 Å². The Hall–Kier alpha value is -4.41. The number of para-hydroxylation sites is 2. The largest absolute Gasteiger partial charge is 0.495 e. The average Bonchev–Trinajstić information content (AvgIpc) is 2.78. The predicted molar refractivity (Wildman–Crippen MR) is 114 cm³/mol. The van der Waals surface area contributed by atoms with E-state index in [0.717, 1.165) is 6.20 Å². The fourth-order valence-electron chi connectivity index (χ4n) is 2.49. The van der Waals surface area contributed by atoms with E-state index in [4.69, 9.17) is 14.2 Å². The van der Waals surface area contributed by atoms with Crippen LogP contribution < -0.4 is 30.5 Å². The second-order valence-electron chi connectivity index (χ2n) is 6.00. The molecule has 2 aromatic carbocycles. The second kappa shape index (κ2) is 10.4. The third kappa shape index (κ3) is 6.03. The van der Waals surface area contributed by atoms with Gasteiger partial charge in [-0.2, -0.15) is 5.10 Å². The molecule has 3 N–H and O–H groups in total. The molecule has 0 aliphatic rings. The van der Waals surface area contributed by atoms with Crippen molar-refractivity contribution in [2.45, 2.75) is 0 Å². The van der Waals surface area contributed by atoms with Crippen LogP contribution in [0.2, 0.25) is 0 Å². The van der Waals surface area contributed by atoms with E-state index in [0.29, 0.717) is 28.5 Å². The highest BCUT2D eigenvalue weighted by atomic mass is 16.5. The van der Waals surface area contributed by atoms with E-state index in [9.17, 15) is 9.59 Å². The molecule has 1 amide bonds. The summed E-state index contributed by atoms with van der Waals surface area (Å²) in [5.41, 5.74) is 3.40. The number of amides is 1. The van der Waals surface area contributed by atoms with Crippen molar-refractivity contribution >= 4 is 23.8 Å². The zero-order valence-corrected chi connectivity index (χ0v) is 16.8. The van der Waals surface area contributed by atoms with E-state index in [1.165, 1.54) is 20.4 Å².